The van der Waals surface area contributed by atoms with Crippen LogP contribution in [0, 0.1) is 5.92 Å². The number of nitrogens with one attached hydrogen (secondary N) is 1. The van der Waals surface area contributed by atoms with Gasteiger partial charge in [0.05, 0.1) is 4.90 Å². The van der Waals surface area contributed by atoms with Gasteiger partial charge in [-0.05, 0) is 30.5 Å². The first-order valence-electron chi connectivity index (χ1n) is 5.62. The zero-order valence-electron chi connectivity index (χ0n) is 9.52. The molecule has 2 rings (SSSR count). The van der Waals surface area contributed by atoms with Crippen molar-refractivity contribution in [2.45, 2.75) is 24.2 Å². The van der Waals surface area contributed by atoms with E-state index >= 15 is 0 Å². The van der Waals surface area contributed by atoms with E-state index in [9.17, 15) is 8.42 Å². The van der Waals surface area contributed by atoms with Crippen LogP contribution in [0.3, 0.4) is 0 Å². The summed E-state index contributed by atoms with van der Waals surface area (Å²) in [4.78, 5) is 0.0476. The molecule has 0 radical (unpaired) electrons. The Morgan fingerprint density at radius 1 is 1.29 bits per heavy atom. The molecule has 0 saturated heterocycles. The van der Waals surface area contributed by atoms with Gasteiger partial charge in [-0.2, -0.15) is 0 Å². The summed E-state index contributed by atoms with van der Waals surface area (Å²) in [5, 5.41) is 8.24. The number of primary sulfonamides is 1. The summed E-state index contributed by atoms with van der Waals surface area (Å²) in [5.74, 6) is 0.835. The van der Waals surface area contributed by atoms with Gasteiger partial charge in [-0.25, -0.2) is 13.6 Å². The Hall–Kier alpha value is -1.27. The summed E-state index contributed by atoms with van der Waals surface area (Å²) in [6.45, 7) is 0.832. The lowest BCUT2D eigenvalue weighted by Crippen LogP contribution is -2.13. The molecule has 1 aromatic rings. The van der Waals surface area contributed by atoms with Gasteiger partial charge in [-0.3, -0.25) is 0 Å². The van der Waals surface area contributed by atoms with Crippen molar-refractivity contribution < 1.29 is 8.42 Å². The van der Waals surface area contributed by atoms with Crippen molar-refractivity contribution in [3.05, 3.63) is 18.2 Å². The molecule has 1 aliphatic rings. The molecule has 94 valence electrons. The van der Waals surface area contributed by atoms with E-state index in [4.69, 9.17) is 10.9 Å². The third-order valence-corrected chi connectivity index (χ3v) is 3.73. The Morgan fingerprint density at radius 2 is 2.00 bits per heavy atom. The van der Waals surface area contributed by atoms with Crippen LogP contribution in [0.15, 0.2) is 23.1 Å². The normalized spacial score (nSPS) is 15.8. The Morgan fingerprint density at radius 3 is 2.59 bits per heavy atom. The van der Waals surface area contributed by atoms with Crippen LogP contribution in [-0.2, 0) is 10.0 Å². The zero-order chi connectivity index (χ0) is 12.5. The minimum atomic E-state index is -3.70. The number of anilines is 2. The lowest BCUT2D eigenvalue weighted by molar-refractivity contribution is 0.598. The molecule has 0 aromatic heterocycles. The van der Waals surface area contributed by atoms with Crippen molar-refractivity contribution in [1.82, 2.24) is 0 Å². The van der Waals surface area contributed by atoms with E-state index < -0.39 is 10.0 Å². The van der Waals surface area contributed by atoms with Gasteiger partial charge in [0.1, 0.15) is 0 Å². The number of nitrogens with two attached hydrogens (primary N) is 2. The number of rotatable bonds is 5. The molecule has 1 aromatic carbocycles. The standard InChI is InChI=1S/C11H17N3O2S/c12-9-5-10(14-4-3-8-1-2-8)7-11(6-9)17(13,15)16/h5-8,14H,1-4,12H2,(H2,13,15,16). The summed E-state index contributed by atoms with van der Waals surface area (Å²) in [5.41, 5.74) is 6.74. The predicted molar refractivity (Wildman–Crippen MR) is 68.1 cm³/mol. The van der Waals surface area contributed by atoms with Crippen LogP contribution in [0.1, 0.15) is 19.3 Å². The monoisotopic (exact) mass is 255 g/mol. The molecule has 5 nitrogen and oxygen atoms in total. The first-order valence-corrected chi connectivity index (χ1v) is 7.17. The highest BCUT2D eigenvalue weighted by Gasteiger charge is 2.20. The third-order valence-electron chi connectivity index (χ3n) is 2.84. The molecular formula is C11H17N3O2S. The Kier molecular flexibility index (Phi) is 3.26. The fourth-order valence-corrected chi connectivity index (χ4v) is 2.31. The molecule has 1 aliphatic carbocycles. The van der Waals surface area contributed by atoms with Crippen LogP contribution in [0.2, 0.25) is 0 Å². The summed E-state index contributed by atoms with van der Waals surface area (Å²) >= 11 is 0. The number of hydrogen-bond donors (Lipinski definition) is 3. The van der Waals surface area contributed by atoms with Crippen LogP contribution < -0.4 is 16.2 Å². The first-order chi connectivity index (χ1) is 7.95. The average Bonchev–Trinajstić information content (AvgIpc) is 2.99. The van der Waals surface area contributed by atoms with Crippen molar-refractivity contribution in [1.29, 1.82) is 0 Å². The highest BCUT2D eigenvalue weighted by molar-refractivity contribution is 7.89. The number of benzene rings is 1. The largest absolute Gasteiger partial charge is 0.399 e. The summed E-state index contributed by atoms with van der Waals surface area (Å²) in [6, 6.07) is 4.58. The van der Waals surface area contributed by atoms with Gasteiger partial charge < -0.3 is 11.1 Å². The molecule has 0 atom stereocenters. The minimum Gasteiger partial charge on any atom is -0.399 e. The molecule has 1 fully saturated rings. The highest BCUT2D eigenvalue weighted by Crippen LogP contribution is 2.32. The van der Waals surface area contributed by atoms with E-state index in [1.807, 2.05) is 0 Å². The second-order valence-electron chi connectivity index (χ2n) is 4.49. The molecule has 0 heterocycles. The maximum Gasteiger partial charge on any atom is 0.238 e. The van der Waals surface area contributed by atoms with Gasteiger partial charge in [0.25, 0.3) is 0 Å². The zero-order valence-corrected chi connectivity index (χ0v) is 10.3. The highest BCUT2D eigenvalue weighted by atomic mass is 32.2. The van der Waals surface area contributed by atoms with E-state index in [1.54, 1.807) is 6.07 Å². The van der Waals surface area contributed by atoms with Crippen LogP contribution in [0.4, 0.5) is 11.4 Å². The van der Waals surface area contributed by atoms with E-state index in [-0.39, 0.29) is 4.90 Å². The Bertz CT molecular complexity index is 509. The van der Waals surface area contributed by atoms with Gasteiger partial charge in [-0.15, -0.1) is 0 Å². The van der Waals surface area contributed by atoms with E-state index in [0.29, 0.717) is 11.4 Å². The van der Waals surface area contributed by atoms with Crippen LogP contribution >= 0.6 is 0 Å². The van der Waals surface area contributed by atoms with E-state index in [0.717, 1.165) is 18.9 Å². The maximum atomic E-state index is 11.2. The molecule has 5 N–H and O–H groups in total. The maximum absolute atomic E-state index is 11.2. The molecule has 0 spiro atoms. The average molecular weight is 255 g/mol. The van der Waals surface area contributed by atoms with E-state index in [1.165, 1.54) is 25.0 Å². The van der Waals surface area contributed by atoms with Crippen molar-refractivity contribution in [3.63, 3.8) is 0 Å². The Balaban J connectivity index is 2.07. The van der Waals surface area contributed by atoms with Gasteiger partial charge in [0, 0.05) is 17.9 Å². The number of sulfonamides is 1. The quantitative estimate of drug-likeness (QED) is 0.687. The SMILES string of the molecule is Nc1cc(NCCC2CC2)cc(S(N)(=O)=O)c1. The molecule has 0 aliphatic heterocycles. The lowest BCUT2D eigenvalue weighted by Gasteiger charge is -2.08. The second kappa shape index (κ2) is 4.54. The molecule has 0 bridgehead atoms. The molecule has 0 amide bonds. The summed E-state index contributed by atoms with van der Waals surface area (Å²) in [7, 11) is -3.70. The predicted octanol–water partition coefficient (Wildman–Crippen LogP) is 1.13. The lowest BCUT2D eigenvalue weighted by atomic mass is 10.2. The molecule has 6 heteroatoms. The van der Waals surface area contributed by atoms with E-state index in [2.05, 4.69) is 5.32 Å². The van der Waals surface area contributed by atoms with Gasteiger partial charge in [0.15, 0.2) is 0 Å². The molecular weight excluding hydrogens is 238 g/mol. The van der Waals surface area contributed by atoms with Gasteiger partial charge in [-0.1, -0.05) is 12.8 Å². The van der Waals surface area contributed by atoms with Crippen molar-refractivity contribution in [2.24, 2.45) is 11.1 Å². The number of hydrogen-bond acceptors (Lipinski definition) is 4. The van der Waals surface area contributed by atoms with Crippen LogP contribution in [-0.4, -0.2) is 15.0 Å². The van der Waals surface area contributed by atoms with Crippen LogP contribution in [0.5, 0.6) is 0 Å². The van der Waals surface area contributed by atoms with Gasteiger partial charge in [0.2, 0.25) is 10.0 Å². The summed E-state index contributed by atoms with van der Waals surface area (Å²) < 4.78 is 22.4. The fourth-order valence-electron chi connectivity index (χ4n) is 1.72. The molecule has 1 saturated carbocycles. The molecule has 17 heavy (non-hydrogen) atoms. The van der Waals surface area contributed by atoms with Gasteiger partial charge >= 0.3 is 0 Å². The fraction of sp³-hybridized carbons (Fsp3) is 0.455. The topological polar surface area (TPSA) is 98.2 Å². The smallest absolute Gasteiger partial charge is 0.238 e. The Labute approximate surface area is 101 Å². The van der Waals surface area contributed by atoms with Crippen molar-refractivity contribution in [2.75, 3.05) is 17.6 Å². The first kappa shape index (κ1) is 12.2. The van der Waals surface area contributed by atoms with Crippen molar-refractivity contribution >= 4 is 21.4 Å². The number of nitrogen functional groups attached to an aromatic ring is 1. The molecule has 0 unspecified atom stereocenters. The summed E-state index contributed by atoms with van der Waals surface area (Å²) in [6.07, 6.45) is 3.72. The van der Waals surface area contributed by atoms with Crippen LogP contribution in [0.25, 0.3) is 0 Å². The van der Waals surface area contributed by atoms with Crippen molar-refractivity contribution in [3.8, 4) is 0 Å². The third kappa shape index (κ3) is 3.61. The second-order valence-corrected chi connectivity index (χ2v) is 6.06. The minimum absolute atomic E-state index is 0.0476.